The van der Waals surface area contributed by atoms with Gasteiger partial charge in [0, 0.05) is 18.2 Å². The SMILES string of the molecule is Cc1nncn1-c1cccc(NC(=O)C2CCCN2C(=O)C2CC2)c1. The Morgan fingerprint density at radius 3 is 2.80 bits per heavy atom. The van der Waals surface area contributed by atoms with Crippen molar-refractivity contribution >= 4 is 17.5 Å². The first-order valence-corrected chi connectivity index (χ1v) is 8.72. The van der Waals surface area contributed by atoms with Gasteiger partial charge in [-0.1, -0.05) is 6.07 Å². The first kappa shape index (κ1) is 15.8. The maximum atomic E-state index is 12.7. The molecular weight excluding hydrogens is 318 g/mol. The minimum Gasteiger partial charge on any atom is -0.330 e. The van der Waals surface area contributed by atoms with Gasteiger partial charge in [0.05, 0.1) is 5.69 Å². The van der Waals surface area contributed by atoms with Crippen LogP contribution in [-0.2, 0) is 9.59 Å². The molecule has 1 saturated heterocycles. The van der Waals surface area contributed by atoms with E-state index in [1.807, 2.05) is 35.8 Å². The van der Waals surface area contributed by atoms with Crippen LogP contribution in [0.2, 0.25) is 0 Å². The molecule has 130 valence electrons. The second kappa shape index (κ2) is 6.31. The number of likely N-dealkylation sites (tertiary alicyclic amines) is 1. The number of hydrogen-bond acceptors (Lipinski definition) is 4. The molecule has 1 N–H and O–H groups in total. The topological polar surface area (TPSA) is 80.1 Å². The average Bonchev–Trinajstić information content (AvgIpc) is 3.17. The first-order valence-electron chi connectivity index (χ1n) is 8.72. The molecule has 1 atom stereocenters. The minimum atomic E-state index is -0.353. The maximum Gasteiger partial charge on any atom is 0.247 e. The molecule has 7 heteroatoms. The fraction of sp³-hybridized carbons (Fsp3) is 0.444. The van der Waals surface area contributed by atoms with E-state index in [9.17, 15) is 9.59 Å². The van der Waals surface area contributed by atoms with Crippen molar-refractivity contribution in [1.29, 1.82) is 0 Å². The van der Waals surface area contributed by atoms with E-state index < -0.39 is 0 Å². The lowest BCUT2D eigenvalue weighted by atomic mass is 10.2. The van der Waals surface area contributed by atoms with Gasteiger partial charge in [-0.05, 0) is 50.8 Å². The molecule has 1 unspecified atom stereocenters. The summed E-state index contributed by atoms with van der Waals surface area (Å²) in [6.45, 7) is 2.56. The normalized spacial score (nSPS) is 19.9. The molecule has 2 heterocycles. The van der Waals surface area contributed by atoms with Crippen LogP contribution in [0.3, 0.4) is 0 Å². The number of nitrogens with one attached hydrogen (secondary N) is 1. The van der Waals surface area contributed by atoms with Crippen LogP contribution in [-0.4, -0.2) is 44.1 Å². The lowest BCUT2D eigenvalue weighted by molar-refractivity contribution is -0.137. The number of aryl methyl sites for hydroxylation is 1. The average molecular weight is 339 g/mol. The quantitative estimate of drug-likeness (QED) is 0.923. The summed E-state index contributed by atoms with van der Waals surface area (Å²) in [5, 5.41) is 10.8. The van der Waals surface area contributed by atoms with Gasteiger partial charge < -0.3 is 10.2 Å². The molecule has 0 bridgehead atoms. The zero-order chi connectivity index (χ0) is 17.4. The highest BCUT2D eigenvalue weighted by Gasteiger charge is 2.40. The summed E-state index contributed by atoms with van der Waals surface area (Å²) >= 11 is 0. The summed E-state index contributed by atoms with van der Waals surface area (Å²) in [6, 6.07) is 7.20. The van der Waals surface area contributed by atoms with Crippen molar-refractivity contribution < 1.29 is 9.59 Å². The van der Waals surface area contributed by atoms with Crippen LogP contribution in [0, 0.1) is 12.8 Å². The number of carbonyl (C=O) groups is 2. The Bertz CT molecular complexity index is 811. The van der Waals surface area contributed by atoms with Crippen molar-refractivity contribution in [3.8, 4) is 5.69 Å². The molecule has 0 spiro atoms. The van der Waals surface area contributed by atoms with Crippen LogP contribution in [0.4, 0.5) is 5.69 Å². The standard InChI is InChI=1S/C18H21N5O2/c1-12-21-19-11-23(12)15-5-2-4-14(10-15)20-17(24)16-6-3-9-22(16)18(25)13-7-8-13/h2,4-5,10-11,13,16H,3,6-9H2,1H3,(H,20,24). The van der Waals surface area contributed by atoms with Gasteiger partial charge in [-0.15, -0.1) is 10.2 Å². The second-order valence-corrected chi connectivity index (χ2v) is 6.75. The Labute approximate surface area is 146 Å². The molecule has 1 aromatic heterocycles. The third-order valence-corrected chi connectivity index (χ3v) is 4.88. The van der Waals surface area contributed by atoms with Crippen molar-refractivity contribution in [3.05, 3.63) is 36.4 Å². The molecule has 2 aromatic rings. The van der Waals surface area contributed by atoms with Crippen molar-refractivity contribution in [3.63, 3.8) is 0 Å². The molecule has 1 aliphatic carbocycles. The highest BCUT2D eigenvalue weighted by molar-refractivity contribution is 5.98. The van der Waals surface area contributed by atoms with Gasteiger partial charge in [0.1, 0.15) is 18.2 Å². The van der Waals surface area contributed by atoms with E-state index in [0.717, 1.165) is 37.2 Å². The highest BCUT2D eigenvalue weighted by Crippen LogP contribution is 2.34. The van der Waals surface area contributed by atoms with Gasteiger partial charge >= 0.3 is 0 Å². The zero-order valence-corrected chi connectivity index (χ0v) is 14.2. The molecule has 7 nitrogen and oxygen atoms in total. The van der Waals surface area contributed by atoms with Crippen LogP contribution in [0.5, 0.6) is 0 Å². The van der Waals surface area contributed by atoms with Gasteiger partial charge in [0.25, 0.3) is 0 Å². The Hall–Kier alpha value is -2.70. The van der Waals surface area contributed by atoms with Crippen molar-refractivity contribution in [2.45, 2.75) is 38.6 Å². The second-order valence-electron chi connectivity index (χ2n) is 6.75. The Morgan fingerprint density at radius 2 is 2.08 bits per heavy atom. The predicted octanol–water partition coefficient (Wildman–Crippen LogP) is 1.92. The van der Waals surface area contributed by atoms with Gasteiger partial charge in [-0.2, -0.15) is 0 Å². The van der Waals surface area contributed by atoms with Crippen molar-refractivity contribution in [1.82, 2.24) is 19.7 Å². The number of amides is 2. The van der Waals surface area contributed by atoms with Crippen LogP contribution in [0.15, 0.2) is 30.6 Å². The lowest BCUT2D eigenvalue weighted by Gasteiger charge is -2.24. The van der Waals surface area contributed by atoms with Crippen molar-refractivity contribution in [2.75, 3.05) is 11.9 Å². The number of benzene rings is 1. The maximum absolute atomic E-state index is 12.7. The largest absolute Gasteiger partial charge is 0.330 e. The summed E-state index contributed by atoms with van der Waals surface area (Å²) in [5.74, 6) is 0.963. The zero-order valence-electron chi connectivity index (χ0n) is 14.2. The molecule has 0 radical (unpaired) electrons. The van der Waals surface area contributed by atoms with Crippen molar-refractivity contribution in [2.24, 2.45) is 5.92 Å². The van der Waals surface area contributed by atoms with Gasteiger partial charge in [-0.3, -0.25) is 14.2 Å². The molecule has 1 aliphatic heterocycles. The number of rotatable bonds is 4. The van der Waals surface area contributed by atoms with Crippen LogP contribution < -0.4 is 5.32 Å². The molecule has 2 amide bonds. The smallest absolute Gasteiger partial charge is 0.247 e. The molecule has 1 aromatic carbocycles. The van der Waals surface area contributed by atoms with E-state index in [-0.39, 0.29) is 23.8 Å². The fourth-order valence-corrected chi connectivity index (χ4v) is 3.37. The molecular formula is C18H21N5O2. The number of anilines is 1. The number of nitrogens with zero attached hydrogens (tertiary/aromatic N) is 4. The molecule has 25 heavy (non-hydrogen) atoms. The highest BCUT2D eigenvalue weighted by atomic mass is 16.2. The summed E-state index contributed by atoms with van der Waals surface area (Å²) in [7, 11) is 0. The molecule has 1 saturated carbocycles. The number of aromatic nitrogens is 3. The van der Waals surface area contributed by atoms with Crippen LogP contribution in [0.25, 0.3) is 5.69 Å². The van der Waals surface area contributed by atoms with E-state index in [1.54, 1.807) is 11.2 Å². The summed E-state index contributed by atoms with van der Waals surface area (Å²) < 4.78 is 1.86. The van der Waals surface area contributed by atoms with E-state index in [1.165, 1.54) is 0 Å². The van der Waals surface area contributed by atoms with Crippen LogP contribution in [0.1, 0.15) is 31.5 Å². The van der Waals surface area contributed by atoms with E-state index in [0.29, 0.717) is 12.2 Å². The molecule has 4 rings (SSSR count). The Kier molecular flexibility index (Phi) is 3.99. The minimum absolute atomic E-state index is 0.107. The first-order chi connectivity index (χ1) is 12.1. The summed E-state index contributed by atoms with van der Waals surface area (Å²) in [6.07, 6.45) is 5.18. The molecule has 2 fully saturated rings. The van der Waals surface area contributed by atoms with Gasteiger partial charge in [0.2, 0.25) is 11.8 Å². The van der Waals surface area contributed by atoms with Gasteiger partial charge in [-0.25, -0.2) is 0 Å². The predicted molar refractivity (Wildman–Crippen MR) is 92.2 cm³/mol. The number of hydrogen-bond donors (Lipinski definition) is 1. The monoisotopic (exact) mass is 339 g/mol. The van der Waals surface area contributed by atoms with Gasteiger partial charge in [0.15, 0.2) is 0 Å². The van der Waals surface area contributed by atoms with E-state index in [4.69, 9.17) is 0 Å². The summed E-state index contributed by atoms with van der Waals surface area (Å²) in [5.41, 5.74) is 1.60. The Morgan fingerprint density at radius 1 is 1.24 bits per heavy atom. The number of carbonyl (C=O) groups excluding carboxylic acids is 2. The third kappa shape index (κ3) is 3.14. The fourth-order valence-electron chi connectivity index (χ4n) is 3.37. The van der Waals surface area contributed by atoms with E-state index >= 15 is 0 Å². The molecule has 2 aliphatic rings. The van der Waals surface area contributed by atoms with E-state index in [2.05, 4.69) is 15.5 Å². The lowest BCUT2D eigenvalue weighted by Crippen LogP contribution is -2.43. The third-order valence-electron chi connectivity index (χ3n) is 4.88. The summed E-state index contributed by atoms with van der Waals surface area (Å²) in [4.78, 5) is 26.8. The van der Waals surface area contributed by atoms with Crippen LogP contribution >= 0.6 is 0 Å². The Balaban J connectivity index is 1.49.